The fraction of sp³-hybridized carbons (Fsp3) is 0. The summed E-state index contributed by atoms with van der Waals surface area (Å²) in [5.41, 5.74) is 10.8. The average Bonchev–Trinajstić information content (AvgIpc) is 2.98. The van der Waals surface area contributed by atoms with Crippen molar-refractivity contribution in [1.29, 1.82) is 0 Å². The Balaban J connectivity index is 1.49. The Bertz CT molecular complexity index is 1320. The van der Waals surface area contributed by atoms with Crippen molar-refractivity contribution in [2.24, 2.45) is 15.3 Å². The zero-order valence-electron chi connectivity index (χ0n) is 20.7. The molecule has 0 spiro atoms. The van der Waals surface area contributed by atoms with Crippen molar-refractivity contribution in [3.63, 3.8) is 0 Å². The molecule has 0 aliphatic rings. The highest BCUT2D eigenvalue weighted by molar-refractivity contribution is 5.97. The highest BCUT2D eigenvalue weighted by Crippen LogP contribution is 2.07. The Labute approximate surface area is 225 Å². The predicted molar refractivity (Wildman–Crippen MR) is 151 cm³/mol. The van der Waals surface area contributed by atoms with Gasteiger partial charge >= 0.3 is 0 Å². The number of nitrogens with zero attached hydrogens (tertiary/aromatic N) is 3. The molecule has 0 saturated heterocycles. The summed E-state index contributed by atoms with van der Waals surface area (Å²) in [5.74, 6) is -1.05. The van der Waals surface area contributed by atoms with E-state index >= 15 is 0 Å². The third-order valence-electron chi connectivity index (χ3n) is 5.25. The summed E-state index contributed by atoms with van der Waals surface area (Å²) in [6.45, 7) is 0. The molecule has 0 fully saturated rings. The van der Waals surface area contributed by atoms with Crippen LogP contribution in [0.15, 0.2) is 124 Å². The van der Waals surface area contributed by atoms with E-state index < -0.39 is 0 Å². The van der Waals surface area contributed by atoms with Crippen LogP contribution in [0.25, 0.3) is 0 Å². The number of hydrogen-bond acceptors (Lipinski definition) is 6. The number of hydrazone groups is 3. The Morgan fingerprint density at radius 1 is 0.436 bits per heavy atom. The maximum atomic E-state index is 12.3. The van der Waals surface area contributed by atoms with Gasteiger partial charge in [-0.05, 0) is 71.3 Å². The lowest BCUT2D eigenvalue weighted by atomic mass is 10.1. The minimum absolute atomic E-state index is 0.349. The van der Waals surface area contributed by atoms with Crippen LogP contribution in [0.2, 0.25) is 0 Å². The number of carbonyl (C=O) groups excluding carboxylic acids is 3. The molecule has 4 aromatic carbocycles. The lowest BCUT2D eigenvalue weighted by Gasteiger charge is -2.03. The first-order valence-corrected chi connectivity index (χ1v) is 11.9. The first-order valence-electron chi connectivity index (χ1n) is 11.9. The number of benzene rings is 4. The third-order valence-corrected chi connectivity index (χ3v) is 5.25. The van der Waals surface area contributed by atoms with E-state index in [9.17, 15) is 14.4 Å². The van der Waals surface area contributed by atoms with Gasteiger partial charge in [0.2, 0.25) is 0 Å². The van der Waals surface area contributed by atoms with Gasteiger partial charge in [0.05, 0.1) is 18.6 Å². The molecular weight excluding hydrogens is 492 g/mol. The van der Waals surface area contributed by atoms with Crippen molar-refractivity contribution in [3.05, 3.63) is 143 Å². The molecule has 0 saturated carbocycles. The standard InChI is InChI=1S/C30H24N6O3/c37-28(25-10-4-1-5-11-25)34-31-19-22-16-23(20-32-35-29(38)26-12-6-2-7-13-26)18-24(17-22)21-33-36-30(39)27-14-8-3-9-15-27/h1-21H,(H,34,37)(H,35,38)(H,36,39)/b31-19+,32-20+,33-21+. The Morgan fingerprint density at radius 3 is 0.949 bits per heavy atom. The molecule has 9 nitrogen and oxygen atoms in total. The minimum atomic E-state index is -0.349. The molecule has 0 atom stereocenters. The van der Waals surface area contributed by atoms with Crippen molar-refractivity contribution in [1.82, 2.24) is 16.3 Å². The van der Waals surface area contributed by atoms with Crippen LogP contribution < -0.4 is 16.3 Å². The van der Waals surface area contributed by atoms with Gasteiger partial charge < -0.3 is 0 Å². The molecule has 0 aliphatic carbocycles. The van der Waals surface area contributed by atoms with Crippen molar-refractivity contribution in [2.45, 2.75) is 0 Å². The van der Waals surface area contributed by atoms with E-state index in [1.54, 1.807) is 91.0 Å². The van der Waals surface area contributed by atoms with Gasteiger partial charge in [0.25, 0.3) is 17.7 Å². The van der Waals surface area contributed by atoms with Crippen LogP contribution in [0, 0.1) is 0 Å². The average molecular weight is 517 g/mol. The molecule has 0 bridgehead atoms. The molecule has 3 amide bonds. The SMILES string of the molecule is O=C(N/N=C/c1cc(/C=N/NC(=O)c2ccccc2)cc(/C=N/NC(=O)c2ccccc2)c1)c1ccccc1. The van der Waals surface area contributed by atoms with E-state index in [2.05, 4.69) is 31.6 Å². The van der Waals surface area contributed by atoms with Gasteiger partial charge in [-0.2, -0.15) is 15.3 Å². The summed E-state index contributed by atoms with van der Waals surface area (Å²) in [5, 5.41) is 12.1. The molecule has 9 heteroatoms. The van der Waals surface area contributed by atoms with Crippen LogP contribution in [0.1, 0.15) is 47.8 Å². The maximum Gasteiger partial charge on any atom is 0.271 e. The number of nitrogens with one attached hydrogen (secondary N) is 3. The van der Waals surface area contributed by atoms with Crippen molar-refractivity contribution < 1.29 is 14.4 Å². The fourth-order valence-electron chi connectivity index (χ4n) is 3.38. The van der Waals surface area contributed by atoms with Crippen LogP contribution in [0.4, 0.5) is 0 Å². The topological polar surface area (TPSA) is 124 Å². The van der Waals surface area contributed by atoms with Crippen LogP contribution in [-0.2, 0) is 0 Å². The van der Waals surface area contributed by atoms with Crippen LogP contribution in [0.3, 0.4) is 0 Å². The molecule has 0 aromatic heterocycles. The first kappa shape index (κ1) is 26.4. The fourth-order valence-corrected chi connectivity index (χ4v) is 3.38. The summed E-state index contributed by atoms with van der Waals surface area (Å²) >= 11 is 0. The molecular formula is C30H24N6O3. The number of amides is 3. The molecule has 0 heterocycles. The van der Waals surface area contributed by atoms with Crippen molar-refractivity contribution in [2.75, 3.05) is 0 Å². The third kappa shape index (κ3) is 8.16. The molecule has 0 aliphatic heterocycles. The van der Waals surface area contributed by atoms with Gasteiger partial charge in [-0.1, -0.05) is 54.6 Å². The smallest absolute Gasteiger partial charge is 0.267 e. The summed E-state index contributed by atoms with van der Waals surface area (Å²) in [4.78, 5) is 36.8. The van der Waals surface area contributed by atoms with Crippen LogP contribution >= 0.6 is 0 Å². The van der Waals surface area contributed by atoms with E-state index in [4.69, 9.17) is 0 Å². The van der Waals surface area contributed by atoms with Gasteiger partial charge in [0, 0.05) is 16.7 Å². The lowest BCUT2D eigenvalue weighted by molar-refractivity contribution is 0.0947. The highest BCUT2D eigenvalue weighted by Gasteiger charge is 2.05. The normalized spacial score (nSPS) is 11.1. The second-order valence-electron chi connectivity index (χ2n) is 8.13. The zero-order valence-corrected chi connectivity index (χ0v) is 20.7. The van der Waals surface area contributed by atoms with E-state index in [-0.39, 0.29) is 17.7 Å². The van der Waals surface area contributed by atoms with Crippen molar-refractivity contribution in [3.8, 4) is 0 Å². The minimum Gasteiger partial charge on any atom is -0.267 e. The van der Waals surface area contributed by atoms with Gasteiger partial charge in [0.15, 0.2) is 0 Å². The second kappa shape index (κ2) is 13.6. The summed E-state index contributed by atoms with van der Waals surface area (Å²) in [6.07, 6.45) is 4.42. The molecule has 0 radical (unpaired) electrons. The molecule has 39 heavy (non-hydrogen) atoms. The monoisotopic (exact) mass is 516 g/mol. The van der Waals surface area contributed by atoms with E-state index in [1.165, 1.54) is 18.6 Å². The van der Waals surface area contributed by atoms with E-state index in [0.29, 0.717) is 33.4 Å². The molecule has 4 aromatic rings. The van der Waals surface area contributed by atoms with Crippen LogP contribution in [0.5, 0.6) is 0 Å². The van der Waals surface area contributed by atoms with Gasteiger partial charge in [-0.15, -0.1) is 0 Å². The Hall–Kier alpha value is -5.70. The van der Waals surface area contributed by atoms with Gasteiger partial charge in [-0.25, -0.2) is 16.3 Å². The molecule has 4 rings (SSSR count). The maximum absolute atomic E-state index is 12.3. The summed E-state index contributed by atoms with van der Waals surface area (Å²) in [7, 11) is 0. The zero-order chi connectivity index (χ0) is 27.3. The molecule has 3 N–H and O–H groups in total. The number of hydrogen-bond donors (Lipinski definition) is 3. The largest absolute Gasteiger partial charge is 0.271 e. The Morgan fingerprint density at radius 2 is 0.692 bits per heavy atom. The molecule has 192 valence electrons. The summed E-state index contributed by atoms with van der Waals surface area (Å²) in [6, 6.07) is 31.4. The molecule has 0 unspecified atom stereocenters. The highest BCUT2D eigenvalue weighted by atomic mass is 16.2. The Kier molecular flexibility index (Phi) is 9.17. The number of carbonyl (C=O) groups is 3. The second-order valence-corrected chi connectivity index (χ2v) is 8.13. The van der Waals surface area contributed by atoms with Gasteiger partial charge in [0.1, 0.15) is 0 Å². The van der Waals surface area contributed by atoms with E-state index in [0.717, 1.165) is 0 Å². The number of rotatable bonds is 9. The predicted octanol–water partition coefficient (Wildman–Crippen LogP) is 3.98. The quantitative estimate of drug-likeness (QED) is 0.230. The van der Waals surface area contributed by atoms with E-state index in [1.807, 2.05) is 18.2 Å². The summed E-state index contributed by atoms with van der Waals surface area (Å²) < 4.78 is 0. The van der Waals surface area contributed by atoms with Crippen molar-refractivity contribution >= 4 is 36.4 Å². The van der Waals surface area contributed by atoms with Gasteiger partial charge in [-0.3, -0.25) is 14.4 Å². The van der Waals surface area contributed by atoms with Crippen LogP contribution in [-0.4, -0.2) is 36.4 Å². The first-order chi connectivity index (χ1) is 19.1. The lowest BCUT2D eigenvalue weighted by Crippen LogP contribution is -2.18.